The minimum absolute atomic E-state index is 0.00306. The average molecular weight is 371 g/mol. The normalized spacial score (nSPS) is 9.37. The highest BCUT2D eigenvalue weighted by Crippen LogP contribution is 2.55. The van der Waals surface area contributed by atoms with Crippen LogP contribution in [0.2, 0.25) is 0 Å². The van der Waals surface area contributed by atoms with Crippen LogP contribution in [0.4, 0.5) is 0 Å². The van der Waals surface area contributed by atoms with Crippen LogP contribution in [-0.2, 0) is 0 Å². The van der Waals surface area contributed by atoms with Crippen LogP contribution in [0, 0.1) is 34.0 Å². The minimum atomic E-state index is -0.421. The van der Waals surface area contributed by atoms with Crippen molar-refractivity contribution in [3.8, 4) is 47.0 Å². The molecule has 0 saturated heterocycles. The van der Waals surface area contributed by atoms with Crippen LogP contribution in [0.1, 0.15) is 33.3 Å². The van der Waals surface area contributed by atoms with Crippen molar-refractivity contribution in [1.29, 1.82) is 15.8 Å². The number of hydrogen-bond donors (Lipinski definition) is 1. The first-order valence-corrected chi connectivity index (χ1v) is 8.44. The Kier molecular flexibility index (Phi) is 8.29. The summed E-state index contributed by atoms with van der Waals surface area (Å²) in [6.07, 6.45) is 0. The van der Waals surface area contributed by atoms with Crippen LogP contribution < -0.4 is 18.9 Å². The topological polar surface area (TPSA) is 129 Å². The first-order chi connectivity index (χ1) is 13.1. The molecule has 0 heterocycles. The molecule has 0 aliphatic heterocycles. The van der Waals surface area contributed by atoms with Crippen molar-refractivity contribution in [3.05, 3.63) is 11.1 Å². The van der Waals surface area contributed by atoms with E-state index >= 15 is 0 Å². The largest absolute Gasteiger partial charge is 0.501 e. The van der Waals surface area contributed by atoms with E-state index in [4.69, 9.17) is 18.9 Å². The Hall–Kier alpha value is -3.57. The highest BCUT2D eigenvalue weighted by Gasteiger charge is 2.32. The van der Waals surface area contributed by atoms with Crippen LogP contribution in [0.3, 0.4) is 0 Å². The molecule has 0 bridgehead atoms. The number of allylic oxidation sites excluding steroid dienone is 2. The van der Waals surface area contributed by atoms with Crippen LogP contribution >= 0.6 is 0 Å². The summed E-state index contributed by atoms with van der Waals surface area (Å²) in [6.45, 7) is 7.59. The van der Waals surface area contributed by atoms with E-state index in [1.165, 1.54) is 0 Å². The van der Waals surface area contributed by atoms with E-state index in [1.807, 2.05) is 6.07 Å². The lowest BCUT2D eigenvalue weighted by atomic mass is 9.98. The van der Waals surface area contributed by atoms with Crippen LogP contribution in [-0.4, -0.2) is 31.5 Å². The van der Waals surface area contributed by atoms with E-state index in [-0.39, 0.29) is 66.3 Å². The zero-order valence-electron chi connectivity index (χ0n) is 15.8. The second-order valence-electron chi connectivity index (χ2n) is 4.86. The SMILES string of the molecule is CCOc1c(O)c(OCC)c(OCC)c(C(C#N)=C(C#N)C#N)c1OCC. The van der Waals surface area contributed by atoms with E-state index in [2.05, 4.69) is 0 Å². The molecular weight excluding hydrogens is 350 g/mol. The Bertz CT molecular complexity index is 788. The Balaban J connectivity index is 4.17. The Morgan fingerprint density at radius 1 is 0.704 bits per heavy atom. The van der Waals surface area contributed by atoms with Gasteiger partial charge in [-0.15, -0.1) is 0 Å². The fraction of sp³-hybridized carbons (Fsp3) is 0.421. The van der Waals surface area contributed by atoms with Gasteiger partial charge in [-0.3, -0.25) is 0 Å². The van der Waals surface area contributed by atoms with Crippen molar-refractivity contribution >= 4 is 5.57 Å². The monoisotopic (exact) mass is 371 g/mol. The highest BCUT2D eigenvalue weighted by atomic mass is 16.5. The average Bonchev–Trinajstić information content (AvgIpc) is 2.67. The molecule has 8 heteroatoms. The molecule has 142 valence electrons. The van der Waals surface area contributed by atoms with Gasteiger partial charge in [0.1, 0.15) is 23.8 Å². The summed E-state index contributed by atoms with van der Waals surface area (Å²) in [4.78, 5) is 0. The van der Waals surface area contributed by atoms with E-state index in [0.29, 0.717) is 0 Å². The van der Waals surface area contributed by atoms with Gasteiger partial charge >= 0.3 is 0 Å². The zero-order chi connectivity index (χ0) is 20.4. The molecule has 0 amide bonds. The van der Waals surface area contributed by atoms with Crippen molar-refractivity contribution in [3.63, 3.8) is 0 Å². The number of benzene rings is 1. The molecule has 0 unspecified atom stereocenters. The number of aromatic hydroxyl groups is 1. The fourth-order valence-electron chi connectivity index (χ4n) is 2.37. The predicted molar refractivity (Wildman–Crippen MR) is 96.5 cm³/mol. The summed E-state index contributed by atoms with van der Waals surface area (Å²) in [5.41, 5.74) is -0.646. The summed E-state index contributed by atoms with van der Waals surface area (Å²) >= 11 is 0. The molecule has 0 saturated carbocycles. The van der Waals surface area contributed by atoms with E-state index in [1.54, 1.807) is 39.8 Å². The molecule has 1 aromatic rings. The molecule has 8 nitrogen and oxygen atoms in total. The Labute approximate surface area is 158 Å². The van der Waals surface area contributed by atoms with Crippen molar-refractivity contribution in [2.24, 2.45) is 0 Å². The fourth-order valence-corrected chi connectivity index (χ4v) is 2.37. The second kappa shape index (κ2) is 10.4. The van der Waals surface area contributed by atoms with E-state index in [9.17, 15) is 20.9 Å². The number of hydrogen-bond acceptors (Lipinski definition) is 8. The lowest BCUT2D eigenvalue weighted by Gasteiger charge is -2.22. The Morgan fingerprint density at radius 2 is 1.07 bits per heavy atom. The van der Waals surface area contributed by atoms with Crippen molar-refractivity contribution < 1.29 is 24.1 Å². The number of nitriles is 3. The summed E-state index contributed by atoms with van der Waals surface area (Å²) in [6, 6.07) is 5.25. The molecule has 1 rings (SSSR count). The molecule has 0 radical (unpaired) electrons. The van der Waals surface area contributed by atoms with Gasteiger partial charge in [0, 0.05) is 0 Å². The zero-order valence-corrected chi connectivity index (χ0v) is 15.8. The number of phenols is 1. The van der Waals surface area contributed by atoms with Gasteiger partial charge in [0.25, 0.3) is 0 Å². The summed E-state index contributed by atoms with van der Waals surface area (Å²) in [7, 11) is 0. The number of phenolic OH excluding ortho intramolecular Hbond substituents is 1. The first kappa shape index (κ1) is 21.5. The molecular formula is C19H21N3O5. The second-order valence-corrected chi connectivity index (χ2v) is 4.86. The van der Waals surface area contributed by atoms with E-state index < -0.39 is 5.57 Å². The van der Waals surface area contributed by atoms with Gasteiger partial charge in [-0.05, 0) is 27.7 Å². The maximum atomic E-state index is 10.7. The van der Waals surface area contributed by atoms with Crippen molar-refractivity contribution in [2.75, 3.05) is 26.4 Å². The van der Waals surface area contributed by atoms with Gasteiger partial charge in [0.2, 0.25) is 17.2 Å². The van der Waals surface area contributed by atoms with Crippen LogP contribution in [0.15, 0.2) is 5.57 Å². The third-order valence-electron chi connectivity index (χ3n) is 3.29. The maximum Gasteiger partial charge on any atom is 0.208 e. The van der Waals surface area contributed by atoms with Gasteiger partial charge < -0.3 is 24.1 Å². The van der Waals surface area contributed by atoms with Crippen molar-refractivity contribution in [2.45, 2.75) is 27.7 Å². The summed E-state index contributed by atoms with van der Waals surface area (Å²) in [5.74, 6) is -0.442. The molecule has 0 aliphatic rings. The Morgan fingerprint density at radius 3 is 1.37 bits per heavy atom. The number of nitrogens with zero attached hydrogens (tertiary/aromatic N) is 3. The van der Waals surface area contributed by atoms with Gasteiger partial charge in [0.05, 0.1) is 37.6 Å². The van der Waals surface area contributed by atoms with E-state index in [0.717, 1.165) is 0 Å². The maximum absolute atomic E-state index is 10.7. The first-order valence-electron chi connectivity index (χ1n) is 8.44. The van der Waals surface area contributed by atoms with Gasteiger partial charge in [0.15, 0.2) is 11.5 Å². The third-order valence-corrected chi connectivity index (χ3v) is 3.29. The molecule has 0 aromatic heterocycles. The summed E-state index contributed by atoms with van der Waals surface area (Å²) < 4.78 is 22.3. The summed E-state index contributed by atoms with van der Waals surface area (Å²) in [5, 5.41) is 38.8. The van der Waals surface area contributed by atoms with Crippen LogP contribution in [0.5, 0.6) is 28.7 Å². The molecule has 1 N–H and O–H groups in total. The molecule has 1 aromatic carbocycles. The van der Waals surface area contributed by atoms with Gasteiger partial charge in [-0.25, -0.2) is 0 Å². The molecule has 0 spiro atoms. The molecule has 27 heavy (non-hydrogen) atoms. The molecule has 0 fully saturated rings. The predicted octanol–water partition coefficient (Wildman–Crippen LogP) is 3.31. The molecule has 0 aliphatic carbocycles. The highest BCUT2D eigenvalue weighted by molar-refractivity contribution is 5.93. The van der Waals surface area contributed by atoms with Crippen LogP contribution in [0.25, 0.3) is 5.57 Å². The number of ether oxygens (including phenoxy) is 4. The minimum Gasteiger partial charge on any atom is -0.501 e. The smallest absolute Gasteiger partial charge is 0.208 e. The number of rotatable bonds is 9. The molecule has 0 atom stereocenters. The van der Waals surface area contributed by atoms with Crippen molar-refractivity contribution in [1.82, 2.24) is 0 Å². The lowest BCUT2D eigenvalue weighted by Crippen LogP contribution is -2.08. The lowest BCUT2D eigenvalue weighted by molar-refractivity contribution is 0.245. The van der Waals surface area contributed by atoms with Gasteiger partial charge in [-0.2, -0.15) is 15.8 Å². The quantitative estimate of drug-likeness (QED) is 0.655. The third kappa shape index (κ3) is 4.34. The standard InChI is InChI=1S/C19H21N3O5/c1-5-24-16-14(13(11-22)12(9-20)10-21)17(25-6-2)19(27-8-4)15(23)18(16)26-7-3/h23H,5-8H2,1-4H3. The van der Waals surface area contributed by atoms with Gasteiger partial charge in [-0.1, -0.05) is 0 Å².